The molecule has 1 N–H and O–H groups in total. The Morgan fingerprint density at radius 1 is 1.50 bits per heavy atom. The Morgan fingerprint density at radius 3 is 2.93 bits per heavy atom. The van der Waals surface area contributed by atoms with Crippen molar-refractivity contribution in [3.63, 3.8) is 0 Å². The number of ether oxygens (including phenoxy) is 1. The van der Waals surface area contributed by atoms with Crippen LogP contribution in [0, 0.1) is 10.1 Å². The highest BCUT2D eigenvalue weighted by Crippen LogP contribution is 2.26. The molecule has 0 spiro atoms. The number of rotatable bonds is 2. The lowest BCUT2D eigenvalue weighted by atomic mass is 10.1. The Balaban J connectivity index is 2.35. The molecule has 0 amide bonds. The van der Waals surface area contributed by atoms with Gasteiger partial charge in [0.25, 0.3) is 5.69 Å². The van der Waals surface area contributed by atoms with Crippen molar-refractivity contribution in [2.75, 3.05) is 13.2 Å². The van der Waals surface area contributed by atoms with E-state index in [1.165, 1.54) is 6.07 Å². The van der Waals surface area contributed by atoms with E-state index in [1.807, 2.05) is 0 Å². The monoisotopic (exact) mass is 194 g/mol. The van der Waals surface area contributed by atoms with E-state index < -0.39 is 4.92 Å². The first-order valence-electron chi connectivity index (χ1n) is 4.37. The van der Waals surface area contributed by atoms with Crippen molar-refractivity contribution in [1.29, 1.82) is 0 Å². The fraction of sp³-hybridized carbons (Fsp3) is 0.333. The Kier molecular flexibility index (Phi) is 2.43. The average Bonchev–Trinajstić information content (AvgIpc) is 2.70. The molecule has 1 aromatic rings. The van der Waals surface area contributed by atoms with Crippen molar-refractivity contribution in [3.8, 4) is 0 Å². The van der Waals surface area contributed by atoms with Gasteiger partial charge in [-0.1, -0.05) is 12.1 Å². The minimum atomic E-state index is -0.390. The zero-order valence-corrected chi connectivity index (χ0v) is 7.47. The lowest BCUT2D eigenvalue weighted by molar-refractivity contribution is -0.386. The van der Waals surface area contributed by atoms with Gasteiger partial charge in [0.2, 0.25) is 0 Å². The van der Waals surface area contributed by atoms with Gasteiger partial charge in [0.05, 0.1) is 17.1 Å². The first-order valence-corrected chi connectivity index (χ1v) is 4.37. The van der Waals surface area contributed by atoms with E-state index in [-0.39, 0.29) is 11.9 Å². The number of benzene rings is 1. The summed E-state index contributed by atoms with van der Waals surface area (Å²) in [5, 5.41) is 13.7. The molecule has 1 atom stereocenters. The highest BCUT2D eigenvalue weighted by atomic mass is 16.6. The zero-order valence-electron chi connectivity index (χ0n) is 7.47. The van der Waals surface area contributed by atoms with Gasteiger partial charge < -0.3 is 4.74 Å². The van der Waals surface area contributed by atoms with E-state index in [4.69, 9.17) is 4.74 Å². The van der Waals surface area contributed by atoms with Crippen LogP contribution in [-0.4, -0.2) is 18.1 Å². The van der Waals surface area contributed by atoms with Gasteiger partial charge in [-0.2, -0.15) is 0 Å². The van der Waals surface area contributed by atoms with Crippen LogP contribution in [0.25, 0.3) is 0 Å². The molecule has 5 heteroatoms. The second kappa shape index (κ2) is 3.73. The molecule has 0 saturated carbocycles. The number of para-hydroxylation sites is 1. The summed E-state index contributed by atoms with van der Waals surface area (Å²) in [7, 11) is 0. The lowest BCUT2D eigenvalue weighted by Crippen LogP contribution is -2.15. The van der Waals surface area contributed by atoms with Gasteiger partial charge in [0.15, 0.2) is 0 Å². The summed E-state index contributed by atoms with van der Waals surface area (Å²) in [5.41, 5.74) is 0.696. The van der Waals surface area contributed by atoms with Gasteiger partial charge in [0.1, 0.15) is 6.23 Å². The van der Waals surface area contributed by atoms with Crippen molar-refractivity contribution in [1.82, 2.24) is 5.32 Å². The maximum atomic E-state index is 10.7. The topological polar surface area (TPSA) is 64.4 Å². The summed E-state index contributed by atoms with van der Waals surface area (Å²) >= 11 is 0. The van der Waals surface area contributed by atoms with E-state index in [0.717, 1.165) is 6.54 Å². The Hall–Kier alpha value is -1.46. The molecule has 1 aliphatic rings. The van der Waals surface area contributed by atoms with Crippen LogP contribution >= 0.6 is 0 Å². The van der Waals surface area contributed by atoms with E-state index in [2.05, 4.69) is 5.32 Å². The van der Waals surface area contributed by atoms with Crippen LogP contribution < -0.4 is 5.32 Å². The fourth-order valence-electron chi connectivity index (χ4n) is 1.50. The maximum Gasteiger partial charge on any atom is 0.276 e. The second-order valence-electron chi connectivity index (χ2n) is 3.02. The standard InChI is InChI=1S/C9H10N2O3/c12-11(13)8-4-2-1-3-7(8)9-10-5-6-14-9/h1-4,9-10H,5-6H2. The van der Waals surface area contributed by atoms with Gasteiger partial charge >= 0.3 is 0 Å². The first kappa shape index (κ1) is 9.11. The highest BCUT2D eigenvalue weighted by Gasteiger charge is 2.24. The van der Waals surface area contributed by atoms with Crippen molar-refractivity contribution < 1.29 is 9.66 Å². The second-order valence-corrected chi connectivity index (χ2v) is 3.02. The predicted molar refractivity (Wildman–Crippen MR) is 49.8 cm³/mol. The SMILES string of the molecule is O=[N+]([O-])c1ccccc1C1NCCO1. The normalized spacial score (nSPS) is 21.0. The van der Waals surface area contributed by atoms with Crippen LogP contribution in [0.15, 0.2) is 24.3 Å². The van der Waals surface area contributed by atoms with Crippen LogP contribution in [0.2, 0.25) is 0 Å². The molecule has 0 aromatic heterocycles. The maximum absolute atomic E-state index is 10.7. The van der Waals surface area contributed by atoms with E-state index >= 15 is 0 Å². The molecule has 1 aromatic carbocycles. The van der Waals surface area contributed by atoms with Crippen molar-refractivity contribution in [2.24, 2.45) is 0 Å². The Labute approximate surface area is 80.8 Å². The number of nitrogens with one attached hydrogen (secondary N) is 1. The molecule has 2 rings (SSSR count). The summed E-state index contributed by atoms with van der Waals surface area (Å²) < 4.78 is 5.31. The fourth-order valence-corrected chi connectivity index (χ4v) is 1.50. The molecular formula is C9H10N2O3. The molecule has 0 radical (unpaired) electrons. The molecule has 1 heterocycles. The molecule has 1 saturated heterocycles. The smallest absolute Gasteiger partial charge is 0.276 e. The minimum Gasteiger partial charge on any atom is -0.357 e. The highest BCUT2D eigenvalue weighted by molar-refractivity contribution is 5.41. The lowest BCUT2D eigenvalue weighted by Gasteiger charge is -2.09. The number of hydrogen-bond acceptors (Lipinski definition) is 4. The molecule has 14 heavy (non-hydrogen) atoms. The van der Waals surface area contributed by atoms with E-state index in [0.29, 0.717) is 12.2 Å². The van der Waals surface area contributed by atoms with Crippen LogP contribution in [0.1, 0.15) is 11.8 Å². The first-order chi connectivity index (χ1) is 6.79. The predicted octanol–water partition coefficient (Wildman–Crippen LogP) is 1.21. The molecular weight excluding hydrogens is 184 g/mol. The van der Waals surface area contributed by atoms with Crippen LogP contribution in [0.4, 0.5) is 5.69 Å². The molecule has 1 unspecified atom stereocenters. The average molecular weight is 194 g/mol. The van der Waals surface area contributed by atoms with Gasteiger partial charge in [-0.25, -0.2) is 0 Å². The summed E-state index contributed by atoms with van der Waals surface area (Å²) in [6, 6.07) is 6.61. The van der Waals surface area contributed by atoms with Crippen LogP contribution in [0.5, 0.6) is 0 Å². The summed E-state index contributed by atoms with van der Waals surface area (Å²) in [6.07, 6.45) is -0.336. The third-order valence-electron chi connectivity index (χ3n) is 2.13. The number of hydrogen-bond donors (Lipinski definition) is 1. The molecule has 74 valence electrons. The molecule has 0 aliphatic carbocycles. The van der Waals surface area contributed by atoms with E-state index in [9.17, 15) is 10.1 Å². The minimum absolute atomic E-state index is 0.104. The van der Waals surface area contributed by atoms with E-state index in [1.54, 1.807) is 18.2 Å². The van der Waals surface area contributed by atoms with Crippen molar-refractivity contribution in [3.05, 3.63) is 39.9 Å². The molecule has 1 aliphatic heterocycles. The van der Waals surface area contributed by atoms with Gasteiger partial charge in [-0.15, -0.1) is 0 Å². The summed E-state index contributed by atoms with van der Waals surface area (Å²) in [4.78, 5) is 10.3. The van der Waals surface area contributed by atoms with Crippen LogP contribution in [-0.2, 0) is 4.74 Å². The largest absolute Gasteiger partial charge is 0.357 e. The van der Waals surface area contributed by atoms with Crippen molar-refractivity contribution >= 4 is 5.69 Å². The Bertz CT molecular complexity index is 348. The van der Waals surface area contributed by atoms with Gasteiger partial charge in [-0.3, -0.25) is 15.4 Å². The molecule has 5 nitrogen and oxygen atoms in total. The summed E-state index contributed by atoms with van der Waals surface area (Å²) in [6.45, 7) is 1.33. The van der Waals surface area contributed by atoms with Crippen molar-refractivity contribution in [2.45, 2.75) is 6.23 Å². The zero-order chi connectivity index (χ0) is 9.97. The van der Waals surface area contributed by atoms with Crippen LogP contribution in [0.3, 0.4) is 0 Å². The number of nitro groups is 1. The molecule has 0 bridgehead atoms. The molecule has 1 fully saturated rings. The third kappa shape index (κ3) is 1.59. The third-order valence-corrected chi connectivity index (χ3v) is 2.13. The van der Waals surface area contributed by atoms with Gasteiger partial charge in [-0.05, 0) is 6.07 Å². The number of nitrogens with zero attached hydrogens (tertiary/aromatic N) is 1. The Morgan fingerprint density at radius 2 is 2.29 bits per heavy atom. The van der Waals surface area contributed by atoms with Gasteiger partial charge in [0, 0.05) is 12.6 Å². The quantitative estimate of drug-likeness (QED) is 0.567. The number of nitro benzene ring substituents is 1. The summed E-state index contributed by atoms with van der Waals surface area (Å²) in [5.74, 6) is 0.